The summed E-state index contributed by atoms with van der Waals surface area (Å²) in [6, 6.07) is 1.41. The zero-order valence-corrected chi connectivity index (χ0v) is 13.1. The Kier molecular flexibility index (Phi) is 8.61. The maximum Gasteiger partial charge on any atom is 0.416 e. The van der Waals surface area contributed by atoms with Crippen molar-refractivity contribution >= 4 is 24.8 Å². The highest BCUT2D eigenvalue weighted by molar-refractivity contribution is 5.85. The number of nitrogens with zero attached hydrogens (tertiary/aromatic N) is 1. The lowest BCUT2D eigenvalue weighted by Gasteiger charge is -2.34. The van der Waals surface area contributed by atoms with Crippen LogP contribution in [0.2, 0.25) is 0 Å². The molecular weight excluding hydrogens is 350 g/mol. The minimum atomic E-state index is -4.70. The third-order valence-electron chi connectivity index (χ3n) is 3.42. The van der Waals surface area contributed by atoms with Gasteiger partial charge in [-0.3, -0.25) is 4.90 Å². The average molecular weight is 367 g/mol. The highest BCUT2D eigenvalue weighted by atomic mass is 35.5. The Morgan fingerprint density at radius 1 is 1.14 bits per heavy atom. The molecule has 128 valence electrons. The number of piperazine rings is 1. The molecule has 1 aromatic carbocycles. The third-order valence-corrected chi connectivity index (χ3v) is 3.42. The highest BCUT2D eigenvalue weighted by Gasteiger charge is 2.37. The number of rotatable bonds is 3. The minimum absolute atomic E-state index is 0. The molecule has 1 aromatic rings. The Bertz CT molecular complexity index is 464. The van der Waals surface area contributed by atoms with Gasteiger partial charge in [0.15, 0.2) is 0 Å². The van der Waals surface area contributed by atoms with E-state index < -0.39 is 30.3 Å². The minimum Gasteiger partial charge on any atom is -0.314 e. The fraction of sp³-hybridized carbons (Fsp3) is 0.538. The summed E-state index contributed by atoms with van der Waals surface area (Å²) in [6.07, 6.45) is -4.70. The fourth-order valence-corrected chi connectivity index (χ4v) is 2.44. The van der Waals surface area contributed by atoms with Crippen molar-refractivity contribution in [3.63, 3.8) is 0 Å². The normalized spacial score (nSPS) is 17.3. The monoisotopic (exact) mass is 366 g/mol. The predicted octanol–water partition coefficient (Wildman–Crippen LogP) is 3.60. The Hall–Kier alpha value is -0.630. The molecule has 0 spiro atoms. The molecule has 2 nitrogen and oxygen atoms in total. The zero-order chi connectivity index (χ0) is 14.8. The van der Waals surface area contributed by atoms with E-state index in [1.54, 1.807) is 4.90 Å². The number of benzene rings is 1. The van der Waals surface area contributed by atoms with Gasteiger partial charge in [0, 0.05) is 26.2 Å². The van der Waals surface area contributed by atoms with Crippen molar-refractivity contribution in [3.8, 4) is 0 Å². The van der Waals surface area contributed by atoms with Crippen LogP contribution in [0.1, 0.15) is 17.2 Å². The second-order valence-electron chi connectivity index (χ2n) is 4.69. The molecule has 0 saturated carbocycles. The molecule has 1 aliphatic heterocycles. The van der Waals surface area contributed by atoms with E-state index in [2.05, 4.69) is 5.32 Å². The number of hydrogen-bond donors (Lipinski definition) is 1. The molecule has 1 atom stereocenters. The first-order chi connectivity index (χ1) is 9.43. The van der Waals surface area contributed by atoms with Crippen molar-refractivity contribution in [1.82, 2.24) is 10.2 Å². The Balaban J connectivity index is 0.00000220. The van der Waals surface area contributed by atoms with E-state index in [9.17, 15) is 22.0 Å². The second kappa shape index (κ2) is 8.86. The van der Waals surface area contributed by atoms with Crippen LogP contribution in [0.5, 0.6) is 0 Å². The van der Waals surface area contributed by atoms with E-state index in [4.69, 9.17) is 0 Å². The fourth-order valence-electron chi connectivity index (χ4n) is 2.44. The summed E-state index contributed by atoms with van der Waals surface area (Å²) >= 11 is 0. The topological polar surface area (TPSA) is 15.3 Å². The maximum absolute atomic E-state index is 13.3. The molecule has 0 radical (unpaired) electrons. The van der Waals surface area contributed by atoms with Crippen LogP contribution in [0.3, 0.4) is 0 Å². The lowest BCUT2D eigenvalue weighted by Crippen LogP contribution is -2.46. The molecular formula is C13H17Cl2F5N2. The van der Waals surface area contributed by atoms with Gasteiger partial charge in [-0.1, -0.05) is 6.07 Å². The zero-order valence-electron chi connectivity index (χ0n) is 11.5. The molecule has 1 fully saturated rings. The molecule has 9 heteroatoms. The van der Waals surface area contributed by atoms with Gasteiger partial charge < -0.3 is 5.32 Å². The van der Waals surface area contributed by atoms with Crippen LogP contribution in [-0.4, -0.2) is 37.8 Å². The number of halogens is 7. The van der Waals surface area contributed by atoms with Crippen LogP contribution in [0.25, 0.3) is 0 Å². The first-order valence-electron chi connectivity index (χ1n) is 6.31. The standard InChI is InChI=1S/C13H15F5N2.2ClH/c14-8-12(20-5-3-19-4-6-20)10-2-1-9(15)7-11(10)13(16,17)18;;/h1-2,7,12,19H,3-6,8H2;2*1H/t12-;;/m1../s1. The van der Waals surface area contributed by atoms with Gasteiger partial charge in [-0.25, -0.2) is 8.78 Å². The smallest absolute Gasteiger partial charge is 0.314 e. The quantitative estimate of drug-likeness (QED) is 0.822. The maximum atomic E-state index is 13.3. The summed E-state index contributed by atoms with van der Waals surface area (Å²) in [6.45, 7) is 1.18. The molecule has 22 heavy (non-hydrogen) atoms. The van der Waals surface area contributed by atoms with E-state index in [0.717, 1.165) is 12.1 Å². The van der Waals surface area contributed by atoms with Crippen molar-refractivity contribution in [2.24, 2.45) is 0 Å². The Morgan fingerprint density at radius 3 is 2.23 bits per heavy atom. The van der Waals surface area contributed by atoms with Crippen LogP contribution in [-0.2, 0) is 6.18 Å². The predicted molar refractivity (Wildman–Crippen MR) is 79.1 cm³/mol. The first kappa shape index (κ1) is 21.4. The Morgan fingerprint density at radius 2 is 1.73 bits per heavy atom. The number of alkyl halides is 4. The highest BCUT2D eigenvalue weighted by Crippen LogP contribution is 2.37. The SMILES string of the molecule is Cl.Cl.FC[C@H](c1ccc(F)cc1C(F)(F)F)N1CCNCC1. The van der Waals surface area contributed by atoms with E-state index in [0.29, 0.717) is 32.2 Å². The van der Waals surface area contributed by atoms with Crippen LogP contribution in [0.15, 0.2) is 18.2 Å². The van der Waals surface area contributed by atoms with Gasteiger partial charge in [-0.2, -0.15) is 13.2 Å². The molecule has 2 rings (SSSR count). The summed E-state index contributed by atoms with van der Waals surface area (Å²) in [5.74, 6) is -0.973. The summed E-state index contributed by atoms with van der Waals surface area (Å²) in [7, 11) is 0. The van der Waals surface area contributed by atoms with Crippen molar-refractivity contribution in [3.05, 3.63) is 35.1 Å². The van der Waals surface area contributed by atoms with Gasteiger partial charge in [0.2, 0.25) is 0 Å². The summed E-state index contributed by atoms with van der Waals surface area (Å²) in [5.41, 5.74) is -1.30. The lowest BCUT2D eigenvalue weighted by molar-refractivity contribution is -0.139. The van der Waals surface area contributed by atoms with E-state index in [1.165, 1.54) is 0 Å². The van der Waals surface area contributed by atoms with Gasteiger partial charge in [-0.05, 0) is 17.7 Å². The molecule has 1 N–H and O–H groups in total. The van der Waals surface area contributed by atoms with Gasteiger partial charge in [-0.15, -0.1) is 24.8 Å². The molecule has 1 saturated heterocycles. The van der Waals surface area contributed by atoms with Crippen molar-refractivity contribution in [2.45, 2.75) is 12.2 Å². The molecule has 0 bridgehead atoms. The molecule has 0 unspecified atom stereocenters. The molecule has 0 amide bonds. The van der Waals surface area contributed by atoms with Crippen LogP contribution < -0.4 is 5.32 Å². The van der Waals surface area contributed by atoms with Crippen molar-refractivity contribution in [1.29, 1.82) is 0 Å². The van der Waals surface area contributed by atoms with Gasteiger partial charge in [0.25, 0.3) is 0 Å². The Labute approximate surface area is 137 Å². The van der Waals surface area contributed by atoms with Crippen LogP contribution in [0.4, 0.5) is 22.0 Å². The van der Waals surface area contributed by atoms with Crippen LogP contribution >= 0.6 is 24.8 Å². The van der Waals surface area contributed by atoms with Crippen molar-refractivity contribution in [2.75, 3.05) is 32.9 Å². The summed E-state index contributed by atoms with van der Waals surface area (Å²) in [4.78, 5) is 1.65. The summed E-state index contributed by atoms with van der Waals surface area (Å²) < 4.78 is 65.3. The second-order valence-corrected chi connectivity index (χ2v) is 4.69. The average Bonchev–Trinajstić information content (AvgIpc) is 2.41. The number of hydrogen-bond acceptors (Lipinski definition) is 2. The lowest BCUT2D eigenvalue weighted by atomic mass is 9.98. The molecule has 1 aliphatic rings. The van der Waals surface area contributed by atoms with Gasteiger partial charge in [0.1, 0.15) is 12.5 Å². The van der Waals surface area contributed by atoms with E-state index in [1.807, 2.05) is 0 Å². The third kappa shape index (κ3) is 4.94. The molecule has 0 aromatic heterocycles. The summed E-state index contributed by atoms with van der Waals surface area (Å²) in [5, 5.41) is 3.05. The van der Waals surface area contributed by atoms with Gasteiger partial charge in [0.05, 0.1) is 11.6 Å². The molecule has 0 aliphatic carbocycles. The molecule has 1 heterocycles. The van der Waals surface area contributed by atoms with E-state index >= 15 is 0 Å². The van der Waals surface area contributed by atoms with E-state index in [-0.39, 0.29) is 30.4 Å². The number of nitrogens with one attached hydrogen (secondary N) is 1. The van der Waals surface area contributed by atoms with Crippen molar-refractivity contribution < 1.29 is 22.0 Å². The van der Waals surface area contributed by atoms with Crippen LogP contribution in [0, 0.1) is 5.82 Å². The largest absolute Gasteiger partial charge is 0.416 e. The first-order valence-corrected chi connectivity index (χ1v) is 6.31. The van der Waals surface area contributed by atoms with Gasteiger partial charge >= 0.3 is 6.18 Å².